The summed E-state index contributed by atoms with van der Waals surface area (Å²) in [6, 6.07) is 18.6. The van der Waals surface area contributed by atoms with Crippen molar-refractivity contribution in [3.8, 4) is 0 Å². The number of nitrogen functional groups attached to an aromatic ring is 1. The zero-order valence-electron chi connectivity index (χ0n) is 17.3. The van der Waals surface area contributed by atoms with Gasteiger partial charge in [0.2, 0.25) is 0 Å². The molecule has 0 radical (unpaired) electrons. The number of allylic oxidation sites excluding steroid dienone is 2. The van der Waals surface area contributed by atoms with Crippen molar-refractivity contribution in [2.45, 2.75) is 38.6 Å². The van der Waals surface area contributed by atoms with E-state index in [1.54, 1.807) is 0 Å². The molecule has 1 amide bonds. The van der Waals surface area contributed by atoms with E-state index < -0.39 is 0 Å². The lowest BCUT2D eigenvalue weighted by molar-refractivity contribution is 0.0950. The molecular formula is C26H25N3O. The maximum absolute atomic E-state index is 12.8. The third-order valence-corrected chi connectivity index (χ3v) is 6.48. The first kappa shape index (κ1) is 18.6. The van der Waals surface area contributed by atoms with Crippen molar-refractivity contribution in [2.24, 2.45) is 0 Å². The summed E-state index contributed by atoms with van der Waals surface area (Å²) in [4.78, 5) is 17.1. The fraction of sp³-hybridized carbons (Fsp3) is 0.231. The van der Waals surface area contributed by atoms with E-state index in [0.717, 1.165) is 28.8 Å². The van der Waals surface area contributed by atoms with Gasteiger partial charge in [-0.25, -0.2) is 4.98 Å². The van der Waals surface area contributed by atoms with E-state index >= 15 is 0 Å². The van der Waals surface area contributed by atoms with Gasteiger partial charge in [-0.1, -0.05) is 42.5 Å². The third-order valence-electron chi connectivity index (χ3n) is 6.48. The van der Waals surface area contributed by atoms with Crippen LogP contribution in [0.3, 0.4) is 0 Å². The van der Waals surface area contributed by atoms with Gasteiger partial charge in [-0.2, -0.15) is 0 Å². The van der Waals surface area contributed by atoms with Crippen LogP contribution in [0.5, 0.6) is 0 Å². The van der Waals surface area contributed by atoms with E-state index in [0.29, 0.717) is 24.2 Å². The van der Waals surface area contributed by atoms with Crippen molar-refractivity contribution < 1.29 is 4.79 Å². The smallest absolute Gasteiger partial charge is 0.251 e. The number of benzene rings is 2. The van der Waals surface area contributed by atoms with E-state index in [-0.39, 0.29) is 5.91 Å². The van der Waals surface area contributed by atoms with Crippen LogP contribution in [-0.2, 0) is 6.54 Å². The number of hydrogen-bond acceptors (Lipinski definition) is 3. The molecule has 0 saturated carbocycles. The van der Waals surface area contributed by atoms with Crippen LogP contribution in [0.1, 0.15) is 62.1 Å². The highest BCUT2D eigenvalue weighted by Gasteiger charge is 2.38. The average Bonchev–Trinajstić information content (AvgIpc) is 3.33. The predicted octanol–water partition coefficient (Wildman–Crippen LogP) is 4.88. The number of rotatable bonds is 4. The first-order valence-electron chi connectivity index (χ1n) is 10.4. The molecule has 4 nitrogen and oxygen atoms in total. The number of carbonyl (C=O) groups is 1. The number of amides is 1. The van der Waals surface area contributed by atoms with Crippen molar-refractivity contribution >= 4 is 17.3 Å². The van der Waals surface area contributed by atoms with E-state index in [4.69, 9.17) is 5.73 Å². The lowest BCUT2D eigenvalue weighted by Crippen LogP contribution is -2.24. The van der Waals surface area contributed by atoms with E-state index in [9.17, 15) is 4.79 Å². The van der Waals surface area contributed by atoms with E-state index in [2.05, 4.69) is 58.8 Å². The summed E-state index contributed by atoms with van der Waals surface area (Å²) in [7, 11) is 0. The van der Waals surface area contributed by atoms with Gasteiger partial charge < -0.3 is 11.1 Å². The minimum atomic E-state index is -0.0524. The van der Waals surface area contributed by atoms with Gasteiger partial charge in [0.1, 0.15) is 5.82 Å². The molecule has 0 spiro atoms. The molecule has 0 fully saturated rings. The van der Waals surface area contributed by atoms with Crippen LogP contribution in [-0.4, -0.2) is 10.9 Å². The zero-order chi connectivity index (χ0) is 20.8. The van der Waals surface area contributed by atoms with Crippen LogP contribution < -0.4 is 11.1 Å². The molecule has 0 saturated heterocycles. The molecule has 2 aliphatic carbocycles. The number of aryl methyl sites for hydroxylation is 2. The Morgan fingerprint density at radius 2 is 1.90 bits per heavy atom. The van der Waals surface area contributed by atoms with Gasteiger partial charge in [0.25, 0.3) is 5.91 Å². The number of carbonyl (C=O) groups excluding carboxylic acids is 1. The fourth-order valence-electron chi connectivity index (χ4n) is 5.00. The molecule has 3 N–H and O–H groups in total. The Morgan fingerprint density at radius 3 is 2.67 bits per heavy atom. The molecule has 150 valence electrons. The maximum Gasteiger partial charge on any atom is 0.251 e. The number of hydrogen-bond donors (Lipinski definition) is 2. The van der Waals surface area contributed by atoms with Gasteiger partial charge in [0.15, 0.2) is 0 Å². The van der Waals surface area contributed by atoms with Crippen molar-refractivity contribution in [1.82, 2.24) is 10.3 Å². The lowest BCUT2D eigenvalue weighted by Gasteiger charge is -2.18. The summed E-state index contributed by atoms with van der Waals surface area (Å²) in [5.41, 5.74) is 14.8. The minimum Gasteiger partial charge on any atom is -0.384 e. The Hall–Kier alpha value is -3.40. The van der Waals surface area contributed by atoms with Gasteiger partial charge >= 0.3 is 0 Å². The monoisotopic (exact) mass is 395 g/mol. The molecule has 2 bridgehead atoms. The Labute approximate surface area is 176 Å². The van der Waals surface area contributed by atoms with Gasteiger partial charge in [-0.3, -0.25) is 4.79 Å². The van der Waals surface area contributed by atoms with Gasteiger partial charge in [0, 0.05) is 29.6 Å². The highest BCUT2D eigenvalue weighted by molar-refractivity contribution is 5.95. The first-order chi connectivity index (χ1) is 14.5. The number of nitrogens with two attached hydrogens (primary N) is 1. The number of anilines is 1. The van der Waals surface area contributed by atoms with Crippen LogP contribution in [0.2, 0.25) is 0 Å². The molecule has 4 heteroatoms. The summed E-state index contributed by atoms with van der Waals surface area (Å²) in [6.07, 6.45) is 3.50. The van der Waals surface area contributed by atoms with Crippen LogP contribution in [0.25, 0.3) is 5.57 Å². The Balaban J connectivity index is 1.34. The van der Waals surface area contributed by atoms with Gasteiger partial charge in [-0.05, 0) is 71.9 Å². The van der Waals surface area contributed by atoms with Crippen molar-refractivity contribution in [1.29, 1.82) is 0 Å². The summed E-state index contributed by atoms with van der Waals surface area (Å²) < 4.78 is 0. The highest BCUT2D eigenvalue weighted by atomic mass is 16.1. The summed E-state index contributed by atoms with van der Waals surface area (Å²) >= 11 is 0. The van der Waals surface area contributed by atoms with Crippen LogP contribution >= 0.6 is 0 Å². The Morgan fingerprint density at radius 1 is 1.10 bits per heavy atom. The standard InChI is InChI=1S/C26H25N3O/c1-15-10-25(27)29-16(2)24(15)14-28-26(30)18-8-9-20-22(11-18)19-12-21(23(20)13-19)17-6-4-3-5-7-17/h3-12,19,23H,13-14H2,1-2H3,(H2,27,29)(H,28,30). The number of fused-ring (bicyclic) bond motifs is 5. The largest absolute Gasteiger partial charge is 0.384 e. The first-order valence-corrected chi connectivity index (χ1v) is 10.4. The second kappa shape index (κ2) is 7.13. The number of pyridine rings is 1. The molecule has 2 unspecified atom stereocenters. The lowest BCUT2D eigenvalue weighted by atomic mass is 9.86. The number of aromatic nitrogens is 1. The molecule has 30 heavy (non-hydrogen) atoms. The van der Waals surface area contributed by atoms with Crippen molar-refractivity contribution in [2.75, 3.05) is 5.73 Å². The Bertz CT molecular complexity index is 1160. The van der Waals surface area contributed by atoms with Gasteiger partial charge in [0.05, 0.1) is 0 Å². The van der Waals surface area contributed by atoms with E-state index in [1.807, 2.05) is 26.0 Å². The Kier molecular flexibility index (Phi) is 4.43. The third kappa shape index (κ3) is 3.09. The number of nitrogens with one attached hydrogen (secondary N) is 1. The average molecular weight is 396 g/mol. The molecular weight excluding hydrogens is 370 g/mol. The predicted molar refractivity (Wildman–Crippen MR) is 120 cm³/mol. The summed E-state index contributed by atoms with van der Waals surface area (Å²) in [5.74, 6) is 1.30. The summed E-state index contributed by atoms with van der Waals surface area (Å²) in [5, 5.41) is 3.05. The molecule has 1 heterocycles. The fourth-order valence-corrected chi connectivity index (χ4v) is 5.00. The van der Waals surface area contributed by atoms with Crippen LogP contribution in [0.4, 0.5) is 5.82 Å². The molecule has 1 aromatic heterocycles. The molecule has 0 aliphatic heterocycles. The topological polar surface area (TPSA) is 68.0 Å². The quantitative estimate of drug-likeness (QED) is 0.662. The minimum absolute atomic E-state index is 0.0524. The van der Waals surface area contributed by atoms with Gasteiger partial charge in [-0.15, -0.1) is 0 Å². The molecule has 2 aromatic carbocycles. The van der Waals surface area contributed by atoms with Crippen LogP contribution in [0.15, 0.2) is 60.7 Å². The van der Waals surface area contributed by atoms with Crippen molar-refractivity contribution in [3.63, 3.8) is 0 Å². The number of nitrogens with zero attached hydrogens (tertiary/aromatic N) is 1. The maximum atomic E-state index is 12.8. The highest BCUT2D eigenvalue weighted by Crippen LogP contribution is 2.55. The molecule has 2 aliphatic rings. The molecule has 2 atom stereocenters. The zero-order valence-corrected chi connectivity index (χ0v) is 17.3. The van der Waals surface area contributed by atoms with E-state index in [1.165, 1.54) is 22.3 Å². The molecule has 5 rings (SSSR count). The van der Waals surface area contributed by atoms with Crippen molar-refractivity contribution in [3.05, 3.63) is 99.7 Å². The normalized spacial score (nSPS) is 18.8. The second-order valence-electron chi connectivity index (χ2n) is 8.34. The van der Waals surface area contributed by atoms with Crippen LogP contribution in [0, 0.1) is 13.8 Å². The molecule has 3 aromatic rings. The summed E-state index contributed by atoms with van der Waals surface area (Å²) in [6.45, 7) is 4.37. The second-order valence-corrected chi connectivity index (χ2v) is 8.34. The SMILES string of the molecule is Cc1cc(N)nc(C)c1CNC(=O)c1ccc2c(c1)C1C=C(c3ccccc3)C2C1.